The maximum Gasteiger partial charge on any atom is 0.264 e. The van der Waals surface area contributed by atoms with Gasteiger partial charge in [0.1, 0.15) is 0 Å². The van der Waals surface area contributed by atoms with Crippen LogP contribution in [0.5, 0.6) is 0 Å². The van der Waals surface area contributed by atoms with Gasteiger partial charge in [-0.05, 0) is 55.8 Å². The standard InChI is InChI=1S/C34H41FN4O5Si/c1-5-14-39-28-13-12-23(37-30(41)16-22-19-36-27-11-7-6-10-25(22)27)17-26(28)34(33(39)43)21(2)32(45(3,4)35)29(44-34)18-31(42)38-15-8-9-24(38)20-40/h5-7,10-13,17,19,21,24,29,32,36,40H,1,8-9,14-16,18,20H2,2-4H3,(H,37,41)/t21-,24+,29+,32-,34+/m1/s1. The largest absolute Gasteiger partial charge is 0.394 e. The first-order chi connectivity index (χ1) is 21.5. The van der Waals surface area contributed by atoms with Gasteiger partial charge in [-0.25, -0.2) is 0 Å². The summed E-state index contributed by atoms with van der Waals surface area (Å²) in [7, 11) is -3.47. The number of H-pyrrole nitrogens is 1. The molecule has 0 radical (unpaired) electrons. The number of carbonyl (C=O) groups is 3. The van der Waals surface area contributed by atoms with Crippen molar-refractivity contribution in [2.75, 3.05) is 29.9 Å². The number of aliphatic hydroxyl groups is 1. The highest BCUT2D eigenvalue weighted by atomic mass is 28.4. The van der Waals surface area contributed by atoms with Gasteiger partial charge in [-0.1, -0.05) is 31.2 Å². The number of hydrogen-bond donors (Lipinski definition) is 3. The van der Waals surface area contributed by atoms with E-state index < -0.39 is 31.6 Å². The Labute approximate surface area is 263 Å². The van der Waals surface area contributed by atoms with Crippen molar-refractivity contribution in [1.29, 1.82) is 0 Å². The summed E-state index contributed by atoms with van der Waals surface area (Å²) in [6, 6.07) is 12.8. The number of ether oxygens (including phenoxy) is 1. The maximum atomic E-state index is 16.2. The molecule has 0 unspecified atom stereocenters. The number of aromatic amines is 1. The number of nitrogens with zero attached hydrogens (tertiary/aromatic N) is 2. The van der Waals surface area contributed by atoms with Gasteiger partial charge in [0, 0.05) is 52.9 Å². The maximum absolute atomic E-state index is 16.2. The zero-order valence-electron chi connectivity index (χ0n) is 26.0. The molecule has 5 atom stereocenters. The third kappa shape index (κ3) is 5.30. The number of fused-ring (bicyclic) bond motifs is 3. The molecule has 0 saturated carbocycles. The zero-order chi connectivity index (χ0) is 32.1. The highest BCUT2D eigenvalue weighted by Crippen LogP contribution is 2.60. The van der Waals surface area contributed by atoms with Crippen molar-refractivity contribution in [2.24, 2.45) is 5.92 Å². The lowest BCUT2D eigenvalue weighted by Gasteiger charge is -2.31. The van der Waals surface area contributed by atoms with Crippen molar-refractivity contribution in [1.82, 2.24) is 9.88 Å². The third-order valence-corrected chi connectivity index (χ3v) is 12.3. The molecule has 238 valence electrons. The number of anilines is 2. The minimum atomic E-state index is -3.47. The highest BCUT2D eigenvalue weighted by molar-refractivity contribution is 6.72. The zero-order valence-corrected chi connectivity index (χ0v) is 27.0. The fourth-order valence-corrected chi connectivity index (χ4v) is 10.4. The summed E-state index contributed by atoms with van der Waals surface area (Å²) < 4.78 is 22.9. The molecule has 6 rings (SSSR count). The molecular formula is C34H41FN4O5Si. The van der Waals surface area contributed by atoms with Gasteiger partial charge < -0.3 is 34.1 Å². The molecule has 45 heavy (non-hydrogen) atoms. The summed E-state index contributed by atoms with van der Waals surface area (Å²) in [5.74, 6) is -1.31. The molecule has 1 spiro atoms. The van der Waals surface area contributed by atoms with Crippen LogP contribution in [-0.4, -0.2) is 73.0 Å². The van der Waals surface area contributed by atoms with Gasteiger partial charge in [-0.2, -0.15) is 0 Å². The number of hydrogen-bond acceptors (Lipinski definition) is 5. The van der Waals surface area contributed by atoms with E-state index in [4.69, 9.17) is 4.74 Å². The number of aliphatic hydroxyl groups excluding tert-OH is 1. The predicted octanol–water partition coefficient (Wildman–Crippen LogP) is 5.03. The summed E-state index contributed by atoms with van der Waals surface area (Å²) in [6.45, 7) is 9.52. The van der Waals surface area contributed by atoms with Gasteiger partial charge in [0.15, 0.2) is 5.60 Å². The van der Waals surface area contributed by atoms with Gasteiger partial charge in [0.05, 0.1) is 37.3 Å². The molecular weight excluding hydrogens is 591 g/mol. The first-order valence-electron chi connectivity index (χ1n) is 15.7. The average Bonchev–Trinajstić information content (AvgIpc) is 3.75. The summed E-state index contributed by atoms with van der Waals surface area (Å²) >= 11 is 0. The topological polar surface area (TPSA) is 115 Å². The van der Waals surface area contributed by atoms with Crippen LogP contribution in [-0.2, 0) is 31.1 Å². The molecule has 3 aliphatic heterocycles. The molecule has 4 heterocycles. The molecule has 0 aliphatic carbocycles. The normalized spacial score (nSPS) is 26.2. The van der Waals surface area contributed by atoms with E-state index in [-0.39, 0.29) is 49.8 Å². The Bertz CT molecular complexity index is 1650. The lowest BCUT2D eigenvalue weighted by molar-refractivity contribution is -0.149. The number of likely N-dealkylation sites (tertiary alicyclic amines) is 1. The van der Waals surface area contributed by atoms with Gasteiger partial charge in [-0.15, -0.1) is 6.58 Å². The van der Waals surface area contributed by atoms with Gasteiger partial charge in [-0.3, -0.25) is 14.4 Å². The van der Waals surface area contributed by atoms with E-state index in [1.165, 1.54) is 0 Å². The second-order valence-corrected chi connectivity index (χ2v) is 16.9. The number of rotatable bonds is 9. The molecule has 3 aromatic rings. The van der Waals surface area contributed by atoms with E-state index >= 15 is 4.11 Å². The lowest BCUT2D eigenvalue weighted by Crippen LogP contribution is -2.45. The van der Waals surface area contributed by atoms with Crippen LogP contribution < -0.4 is 10.2 Å². The second-order valence-electron chi connectivity index (χ2n) is 13.1. The number of benzene rings is 2. The molecule has 3 amide bonds. The average molecular weight is 633 g/mol. The molecule has 2 fully saturated rings. The Morgan fingerprint density at radius 1 is 1.27 bits per heavy atom. The number of amides is 3. The molecule has 2 aromatic carbocycles. The Balaban J connectivity index is 1.33. The van der Waals surface area contributed by atoms with E-state index in [9.17, 15) is 19.5 Å². The number of aromatic nitrogens is 1. The summed E-state index contributed by atoms with van der Waals surface area (Å²) in [5, 5.41) is 13.8. The molecule has 11 heteroatoms. The number of para-hydroxylation sites is 1. The minimum Gasteiger partial charge on any atom is -0.394 e. The number of nitrogens with one attached hydrogen (secondary N) is 2. The quantitative estimate of drug-likeness (QED) is 0.174. The Morgan fingerprint density at radius 2 is 2.04 bits per heavy atom. The lowest BCUT2D eigenvalue weighted by atomic mass is 9.82. The van der Waals surface area contributed by atoms with Crippen molar-refractivity contribution in [2.45, 2.75) is 69.0 Å². The van der Waals surface area contributed by atoms with Crippen LogP contribution in [0.1, 0.15) is 37.3 Å². The van der Waals surface area contributed by atoms with Crippen molar-refractivity contribution >= 4 is 48.4 Å². The van der Waals surface area contributed by atoms with Crippen LogP contribution >= 0.6 is 0 Å². The third-order valence-electron chi connectivity index (χ3n) is 9.87. The van der Waals surface area contributed by atoms with Crippen LogP contribution in [0.3, 0.4) is 0 Å². The van der Waals surface area contributed by atoms with Crippen LogP contribution in [0, 0.1) is 5.92 Å². The van der Waals surface area contributed by atoms with Crippen LogP contribution in [0.4, 0.5) is 15.5 Å². The van der Waals surface area contributed by atoms with Crippen LogP contribution in [0.25, 0.3) is 10.9 Å². The fourth-order valence-electron chi connectivity index (χ4n) is 7.93. The van der Waals surface area contributed by atoms with E-state index in [0.717, 1.165) is 29.3 Å². The predicted molar refractivity (Wildman–Crippen MR) is 174 cm³/mol. The smallest absolute Gasteiger partial charge is 0.264 e. The molecule has 0 bridgehead atoms. The first-order valence-corrected chi connectivity index (χ1v) is 18.6. The van der Waals surface area contributed by atoms with E-state index in [1.54, 1.807) is 47.2 Å². The molecule has 3 aliphatic rings. The fraction of sp³-hybridized carbons (Fsp3) is 0.441. The highest BCUT2D eigenvalue weighted by Gasteiger charge is 2.67. The number of halogens is 1. The Hall–Kier alpha value is -3.80. The van der Waals surface area contributed by atoms with Gasteiger partial charge >= 0.3 is 0 Å². The van der Waals surface area contributed by atoms with Crippen molar-refractivity contribution in [3.8, 4) is 0 Å². The van der Waals surface area contributed by atoms with Crippen molar-refractivity contribution in [3.63, 3.8) is 0 Å². The molecule has 9 nitrogen and oxygen atoms in total. The summed E-state index contributed by atoms with van der Waals surface area (Å²) in [6.07, 6.45) is 4.24. The molecule has 2 saturated heterocycles. The SMILES string of the molecule is C=CCN1C(=O)[C@@]2(O[C@@H](CC(=O)N3CCC[C@H]3CO)[C@H]([Si](C)(C)F)[C@H]2C)c2cc(NC(=O)Cc3c[nH]c4ccccc34)ccc21. The number of carbonyl (C=O) groups excluding carboxylic acids is 3. The monoisotopic (exact) mass is 632 g/mol. The van der Waals surface area contributed by atoms with Crippen molar-refractivity contribution < 1.29 is 28.3 Å². The summed E-state index contributed by atoms with van der Waals surface area (Å²) in [4.78, 5) is 47.5. The molecule has 1 aromatic heterocycles. The van der Waals surface area contributed by atoms with Crippen LogP contribution in [0.15, 0.2) is 61.3 Å². The Kier molecular flexibility index (Phi) is 8.21. The van der Waals surface area contributed by atoms with Crippen molar-refractivity contribution in [3.05, 3.63) is 72.4 Å². The minimum absolute atomic E-state index is 0.0707. The van der Waals surface area contributed by atoms with E-state index in [2.05, 4.69) is 16.9 Å². The van der Waals surface area contributed by atoms with Gasteiger partial charge in [0.25, 0.3) is 5.91 Å². The second kappa shape index (κ2) is 11.8. The first kappa shape index (κ1) is 31.2. The van der Waals surface area contributed by atoms with E-state index in [1.807, 2.05) is 37.4 Å². The van der Waals surface area contributed by atoms with E-state index in [0.29, 0.717) is 23.5 Å². The van der Waals surface area contributed by atoms with Crippen LogP contribution in [0.2, 0.25) is 18.6 Å². The van der Waals surface area contributed by atoms with Gasteiger partial charge in [0.2, 0.25) is 20.2 Å². The molecule has 3 N–H and O–H groups in total. The summed E-state index contributed by atoms with van der Waals surface area (Å²) in [5.41, 5.74) is 1.32. The Morgan fingerprint density at radius 3 is 2.78 bits per heavy atom.